The number of aryl methyl sites for hydroxylation is 1. The lowest BCUT2D eigenvalue weighted by Crippen LogP contribution is -2.19. The zero-order valence-corrected chi connectivity index (χ0v) is 13.9. The van der Waals surface area contributed by atoms with Crippen LogP contribution in [-0.2, 0) is 4.74 Å². The molecule has 2 N–H and O–H groups in total. The number of fused-ring (bicyclic) bond motifs is 1. The van der Waals surface area contributed by atoms with Crippen LogP contribution in [0.5, 0.6) is 11.5 Å². The van der Waals surface area contributed by atoms with E-state index in [0.29, 0.717) is 32.9 Å². The second kappa shape index (κ2) is 6.75. The van der Waals surface area contributed by atoms with Gasteiger partial charge in [0.15, 0.2) is 16.6 Å². The van der Waals surface area contributed by atoms with Gasteiger partial charge < -0.3 is 19.5 Å². The monoisotopic (exact) mass is 349 g/mol. The maximum atomic E-state index is 12.1. The first kappa shape index (κ1) is 16.1. The van der Waals surface area contributed by atoms with Crippen LogP contribution in [0.2, 0.25) is 0 Å². The summed E-state index contributed by atoms with van der Waals surface area (Å²) in [6.07, 6.45) is 0. The minimum atomic E-state index is -0.474. The molecular formula is C15H15N3O5S. The number of carbonyl (C=O) groups excluding carboxylic acids is 2. The topological polar surface area (TPSA) is 98.8 Å². The first-order valence-corrected chi connectivity index (χ1v) is 8.00. The molecule has 0 bridgehead atoms. The van der Waals surface area contributed by atoms with Gasteiger partial charge in [-0.15, -0.1) is 0 Å². The number of ether oxygens (including phenoxy) is 3. The van der Waals surface area contributed by atoms with Gasteiger partial charge in [-0.2, -0.15) is 0 Å². The fourth-order valence-corrected chi connectivity index (χ4v) is 2.92. The minimum Gasteiger partial charge on any atom is -0.462 e. The molecule has 1 aliphatic rings. The first-order valence-electron chi connectivity index (χ1n) is 7.19. The van der Waals surface area contributed by atoms with E-state index in [0.717, 1.165) is 11.3 Å². The Balaban J connectivity index is 1.65. The quantitative estimate of drug-likeness (QED) is 0.823. The zero-order valence-electron chi connectivity index (χ0n) is 13.0. The molecule has 2 heterocycles. The molecule has 0 spiro atoms. The van der Waals surface area contributed by atoms with Crippen molar-refractivity contribution in [1.82, 2.24) is 4.98 Å². The van der Waals surface area contributed by atoms with Gasteiger partial charge in [0.2, 0.25) is 6.79 Å². The second-order valence-corrected chi connectivity index (χ2v) is 5.80. The van der Waals surface area contributed by atoms with Crippen molar-refractivity contribution in [3.8, 4) is 11.5 Å². The fourth-order valence-electron chi connectivity index (χ4n) is 2.07. The summed E-state index contributed by atoms with van der Waals surface area (Å²) in [6, 6.07) is 4.60. The van der Waals surface area contributed by atoms with E-state index in [-0.39, 0.29) is 13.4 Å². The number of rotatable bonds is 4. The summed E-state index contributed by atoms with van der Waals surface area (Å²) >= 11 is 1.06. The van der Waals surface area contributed by atoms with Gasteiger partial charge in [-0.1, -0.05) is 11.3 Å². The summed E-state index contributed by atoms with van der Waals surface area (Å²) in [4.78, 5) is 28.3. The van der Waals surface area contributed by atoms with E-state index in [2.05, 4.69) is 15.6 Å². The number of nitrogens with zero attached hydrogens (tertiary/aromatic N) is 1. The Morgan fingerprint density at radius 3 is 2.88 bits per heavy atom. The lowest BCUT2D eigenvalue weighted by molar-refractivity contribution is 0.0531. The molecule has 0 saturated carbocycles. The standard InChI is InChI=1S/C15H15N3O5S/c1-3-21-13(19)12-8(2)16-15(24-12)18-14(20)17-9-4-5-10-11(6-9)23-7-22-10/h4-6H,3,7H2,1-2H3,(H2,16,17,18,20). The summed E-state index contributed by atoms with van der Waals surface area (Å²) < 4.78 is 15.4. The van der Waals surface area contributed by atoms with Gasteiger partial charge in [-0.25, -0.2) is 14.6 Å². The summed E-state index contributed by atoms with van der Waals surface area (Å²) in [7, 11) is 0. The van der Waals surface area contributed by atoms with E-state index in [1.807, 2.05) is 0 Å². The van der Waals surface area contributed by atoms with Crippen LogP contribution in [0.1, 0.15) is 22.3 Å². The van der Waals surface area contributed by atoms with Crippen molar-refractivity contribution < 1.29 is 23.8 Å². The first-order chi connectivity index (χ1) is 11.6. The molecule has 8 nitrogen and oxygen atoms in total. The van der Waals surface area contributed by atoms with E-state index in [9.17, 15) is 9.59 Å². The third-order valence-corrected chi connectivity index (χ3v) is 4.16. The third kappa shape index (κ3) is 3.40. The van der Waals surface area contributed by atoms with Crippen LogP contribution in [-0.4, -0.2) is 30.4 Å². The van der Waals surface area contributed by atoms with Crippen LogP contribution in [0.3, 0.4) is 0 Å². The molecule has 0 fully saturated rings. The number of carbonyl (C=O) groups is 2. The number of esters is 1. The van der Waals surface area contributed by atoms with Crippen molar-refractivity contribution in [2.45, 2.75) is 13.8 Å². The number of hydrogen-bond acceptors (Lipinski definition) is 7. The van der Waals surface area contributed by atoms with Gasteiger partial charge in [0, 0.05) is 11.8 Å². The number of benzene rings is 1. The largest absolute Gasteiger partial charge is 0.462 e. The van der Waals surface area contributed by atoms with Gasteiger partial charge in [0.05, 0.1) is 12.3 Å². The van der Waals surface area contributed by atoms with Crippen LogP contribution < -0.4 is 20.1 Å². The molecule has 0 atom stereocenters. The molecule has 0 unspecified atom stereocenters. The van der Waals surface area contributed by atoms with Crippen molar-refractivity contribution in [3.05, 3.63) is 28.8 Å². The Labute approximate surface area is 141 Å². The number of thiazole rings is 1. The van der Waals surface area contributed by atoms with Crippen LogP contribution in [0, 0.1) is 6.92 Å². The number of hydrogen-bond donors (Lipinski definition) is 2. The Kier molecular flexibility index (Phi) is 4.52. The summed E-state index contributed by atoms with van der Waals surface area (Å²) in [5.41, 5.74) is 1.06. The van der Waals surface area contributed by atoms with Gasteiger partial charge in [0.1, 0.15) is 4.88 Å². The van der Waals surface area contributed by atoms with Crippen molar-refractivity contribution in [3.63, 3.8) is 0 Å². The molecule has 2 amide bonds. The molecule has 0 aliphatic carbocycles. The lowest BCUT2D eigenvalue weighted by atomic mass is 10.3. The Morgan fingerprint density at radius 2 is 2.08 bits per heavy atom. The molecular weight excluding hydrogens is 334 g/mol. The van der Waals surface area contributed by atoms with Crippen molar-refractivity contribution in [1.29, 1.82) is 0 Å². The molecule has 1 aromatic carbocycles. The molecule has 126 valence electrons. The molecule has 24 heavy (non-hydrogen) atoms. The van der Waals surface area contributed by atoms with E-state index < -0.39 is 12.0 Å². The molecule has 0 saturated heterocycles. The van der Waals surface area contributed by atoms with Crippen LogP contribution in [0.25, 0.3) is 0 Å². The van der Waals surface area contributed by atoms with E-state index in [4.69, 9.17) is 14.2 Å². The summed E-state index contributed by atoms with van der Waals surface area (Å²) in [6.45, 7) is 3.86. The molecule has 0 radical (unpaired) electrons. The molecule has 1 aromatic heterocycles. The van der Waals surface area contributed by atoms with Crippen molar-refractivity contribution in [2.24, 2.45) is 0 Å². The van der Waals surface area contributed by atoms with Crippen LogP contribution >= 0.6 is 11.3 Å². The van der Waals surface area contributed by atoms with Gasteiger partial charge in [0.25, 0.3) is 0 Å². The second-order valence-electron chi connectivity index (χ2n) is 4.80. The Hall–Kier alpha value is -2.81. The molecule has 9 heteroatoms. The summed E-state index contributed by atoms with van der Waals surface area (Å²) in [5, 5.41) is 5.58. The van der Waals surface area contributed by atoms with Gasteiger partial charge in [-0.05, 0) is 26.0 Å². The predicted octanol–water partition coefficient (Wildman–Crippen LogP) is 3.00. The minimum absolute atomic E-state index is 0.167. The average molecular weight is 349 g/mol. The maximum Gasteiger partial charge on any atom is 0.350 e. The number of amides is 2. The lowest BCUT2D eigenvalue weighted by Gasteiger charge is -2.06. The van der Waals surface area contributed by atoms with E-state index >= 15 is 0 Å². The highest BCUT2D eigenvalue weighted by Gasteiger charge is 2.18. The molecule has 3 rings (SSSR count). The maximum absolute atomic E-state index is 12.1. The van der Waals surface area contributed by atoms with E-state index in [1.54, 1.807) is 32.0 Å². The highest BCUT2D eigenvalue weighted by Crippen LogP contribution is 2.34. The van der Waals surface area contributed by atoms with Gasteiger partial charge in [-0.3, -0.25) is 5.32 Å². The predicted molar refractivity (Wildman–Crippen MR) is 88.0 cm³/mol. The number of anilines is 2. The van der Waals surface area contributed by atoms with Gasteiger partial charge >= 0.3 is 12.0 Å². The number of aromatic nitrogens is 1. The van der Waals surface area contributed by atoms with E-state index in [1.165, 1.54) is 0 Å². The zero-order chi connectivity index (χ0) is 17.1. The van der Waals surface area contributed by atoms with Crippen LogP contribution in [0.4, 0.5) is 15.6 Å². The molecule has 1 aliphatic heterocycles. The van der Waals surface area contributed by atoms with Crippen molar-refractivity contribution >= 4 is 34.2 Å². The SMILES string of the molecule is CCOC(=O)c1sc(NC(=O)Nc2ccc3c(c2)OCO3)nc1C. The normalized spacial score (nSPS) is 11.9. The number of nitrogens with one attached hydrogen (secondary N) is 2. The third-order valence-electron chi connectivity index (χ3n) is 3.11. The summed E-state index contributed by atoms with van der Waals surface area (Å²) in [5.74, 6) is 0.759. The smallest absolute Gasteiger partial charge is 0.350 e. The van der Waals surface area contributed by atoms with Crippen LogP contribution in [0.15, 0.2) is 18.2 Å². The highest BCUT2D eigenvalue weighted by atomic mass is 32.1. The van der Waals surface area contributed by atoms with Crippen molar-refractivity contribution in [2.75, 3.05) is 24.0 Å². The number of urea groups is 1. The Morgan fingerprint density at radius 1 is 1.29 bits per heavy atom. The Bertz CT molecular complexity index is 789. The average Bonchev–Trinajstić information content (AvgIpc) is 3.13. The highest BCUT2D eigenvalue weighted by molar-refractivity contribution is 7.17. The fraction of sp³-hybridized carbons (Fsp3) is 0.267. The molecule has 2 aromatic rings.